The van der Waals surface area contributed by atoms with Gasteiger partial charge in [-0.25, -0.2) is 9.59 Å². The fourth-order valence-electron chi connectivity index (χ4n) is 2.08. The van der Waals surface area contributed by atoms with Gasteiger partial charge >= 0.3 is 11.9 Å². The van der Waals surface area contributed by atoms with Crippen molar-refractivity contribution in [3.05, 3.63) is 12.2 Å². The molecule has 0 aliphatic carbocycles. The molecule has 0 aromatic rings. The third kappa shape index (κ3) is 5.30. The lowest BCUT2D eigenvalue weighted by atomic mass is 10.2. The molecule has 0 aromatic carbocycles. The Morgan fingerprint density at radius 1 is 0.800 bits per heavy atom. The van der Waals surface area contributed by atoms with E-state index in [-0.39, 0.29) is 0 Å². The summed E-state index contributed by atoms with van der Waals surface area (Å²) < 4.78 is 20.6. The minimum Gasteiger partial charge on any atom is -0.433 e. The lowest BCUT2D eigenvalue weighted by Crippen LogP contribution is -2.25. The average molecular weight is 284 g/mol. The number of ether oxygens (including phenoxy) is 4. The highest BCUT2D eigenvalue weighted by Crippen LogP contribution is 2.15. The minimum absolute atomic E-state index is 0.501. The van der Waals surface area contributed by atoms with Gasteiger partial charge in [0, 0.05) is 25.0 Å². The second kappa shape index (κ2) is 8.01. The van der Waals surface area contributed by atoms with Crippen molar-refractivity contribution in [1.82, 2.24) is 0 Å². The maximum Gasteiger partial charge on any atom is 0.333 e. The van der Waals surface area contributed by atoms with Crippen LogP contribution in [0.2, 0.25) is 0 Å². The summed E-state index contributed by atoms with van der Waals surface area (Å²) in [6.45, 7) is 1.20. The summed E-state index contributed by atoms with van der Waals surface area (Å²) in [5, 5.41) is 0. The first-order valence-corrected chi connectivity index (χ1v) is 7.06. The number of hydrogen-bond acceptors (Lipinski definition) is 6. The third-order valence-corrected chi connectivity index (χ3v) is 3.13. The maximum absolute atomic E-state index is 11.5. The van der Waals surface area contributed by atoms with Gasteiger partial charge in [-0.05, 0) is 25.7 Å². The summed E-state index contributed by atoms with van der Waals surface area (Å²) in [4.78, 5) is 23.0. The molecule has 0 bridgehead atoms. The van der Waals surface area contributed by atoms with E-state index in [4.69, 9.17) is 18.9 Å². The molecular formula is C14H20O6. The van der Waals surface area contributed by atoms with Crippen LogP contribution >= 0.6 is 0 Å². The zero-order valence-electron chi connectivity index (χ0n) is 11.4. The van der Waals surface area contributed by atoms with Crippen LogP contribution in [0.3, 0.4) is 0 Å². The summed E-state index contributed by atoms with van der Waals surface area (Å²) in [6, 6.07) is 0. The molecule has 2 atom stereocenters. The smallest absolute Gasteiger partial charge is 0.333 e. The van der Waals surface area contributed by atoms with Crippen LogP contribution < -0.4 is 0 Å². The molecule has 2 saturated heterocycles. The number of esters is 2. The summed E-state index contributed by atoms with van der Waals surface area (Å²) >= 11 is 0. The molecule has 2 unspecified atom stereocenters. The van der Waals surface area contributed by atoms with Crippen molar-refractivity contribution < 1.29 is 28.5 Å². The number of carbonyl (C=O) groups is 2. The molecule has 112 valence electrons. The SMILES string of the molecule is O=C(/C=C\C(=O)OC1CCCCO1)OC1CCCCO1. The Hall–Kier alpha value is -1.40. The minimum atomic E-state index is -0.599. The van der Waals surface area contributed by atoms with Crippen molar-refractivity contribution in [2.45, 2.75) is 51.1 Å². The highest BCUT2D eigenvalue weighted by Gasteiger charge is 2.18. The average Bonchev–Trinajstić information content (AvgIpc) is 2.47. The lowest BCUT2D eigenvalue weighted by Gasteiger charge is -2.22. The van der Waals surface area contributed by atoms with E-state index >= 15 is 0 Å². The van der Waals surface area contributed by atoms with Crippen LogP contribution in [-0.2, 0) is 28.5 Å². The second-order valence-corrected chi connectivity index (χ2v) is 4.80. The first-order valence-electron chi connectivity index (χ1n) is 7.06. The number of carbonyl (C=O) groups excluding carboxylic acids is 2. The summed E-state index contributed by atoms with van der Waals surface area (Å²) in [7, 11) is 0. The molecule has 2 rings (SSSR count). The summed E-state index contributed by atoms with van der Waals surface area (Å²) in [5.74, 6) is -1.20. The lowest BCUT2D eigenvalue weighted by molar-refractivity contribution is -0.184. The molecule has 0 N–H and O–H groups in total. The van der Waals surface area contributed by atoms with Crippen LogP contribution in [0, 0.1) is 0 Å². The van der Waals surface area contributed by atoms with E-state index < -0.39 is 24.5 Å². The van der Waals surface area contributed by atoms with Gasteiger partial charge in [-0.15, -0.1) is 0 Å². The van der Waals surface area contributed by atoms with Gasteiger partial charge in [0.25, 0.3) is 0 Å². The number of hydrogen-bond donors (Lipinski definition) is 0. The van der Waals surface area contributed by atoms with Crippen LogP contribution in [0.1, 0.15) is 38.5 Å². The van der Waals surface area contributed by atoms with Gasteiger partial charge in [-0.2, -0.15) is 0 Å². The fraction of sp³-hybridized carbons (Fsp3) is 0.714. The zero-order chi connectivity index (χ0) is 14.2. The van der Waals surface area contributed by atoms with Gasteiger partial charge in [0.05, 0.1) is 13.2 Å². The van der Waals surface area contributed by atoms with Crippen LogP contribution in [0.4, 0.5) is 0 Å². The van der Waals surface area contributed by atoms with E-state index in [0.29, 0.717) is 26.1 Å². The van der Waals surface area contributed by atoms with E-state index in [1.54, 1.807) is 0 Å². The standard InChI is InChI=1S/C14H20O6/c15-11(19-13-5-1-3-9-17-13)7-8-12(16)20-14-6-2-4-10-18-14/h7-8,13-14H,1-6,9-10H2/b8-7-. The molecule has 2 aliphatic rings. The predicted molar refractivity (Wildman–Crippen MR) is 68.5 cm³/mol. The monoisotopic (exact) mass is 284 g/mol. The predicted octanol–water partition coefficient (Wildman–Crippen LogP) is 1.68. The van der Waals surface area contributed by atoms with E-state index in [1.807, 2.05) is 0 Å². The Balaban J connectivity index is 1.67. The van der Waals surface area contributed by atoms with Gasteiger partial charge in [-0.3, -0.25) is 0 Å². The Morgan fingerprint density at radius 3 is 1.60 bits per heavy atom. The topological polar surface area (TPSA) is 71.1 Å². The largest absolute Gasteiger partial charge is 0.433 e. The quantitative estimate of drug-likeness (QED) is 0.578. The van der Waals surface area contributed by atoms with E-state index in [9.17, 15) is 9.59 Å². The van der Waals surface area contributed by atoms with Crippen LogP contribution in [0.5, 0.6) is 0 Å². The van der Waals surface area contributed by atoms with Crippen molar-refractivity contribution in [2.75, 3.05) is 13.2 Å². The number of rotatable bonds is 4. The summed E-state index contributed by atoms with van der Waals surface area (Å²) in [6.07, 6.45) is 6.42. The molecule has 6 nitrogen and oxygen atoms in total. The van der Waals surface area contributed by atoms with Gasteiger partial charge in [-0.1, -0.05) is 0 Å². The van der Waals surface area contributed by atoms with Crippen LogP contribution in [0.15, 0.2) is 12.2 Å². The summed E-state index contributed by atoms with van der Waals surface area (Å²) in [5.41, 5.74) is 0. The molecule has 0 spiro atoms. The van der Waals surface area contributed by atoms with Crippen LogP contribution in [0.25, 0.3) is 0 Å². The third-order valence-electron chi connectivity index (χ3n) is 3.13. The molecule has 20 heavy (non-hydrogen) atoms. The highest BCUT2D eigenvalue weighted by atomic mass is 16.7. The van der Waals surface area contributed by atoms with Gasteiger partial charge in [0.1, 0.15) is 0 Å². The van der Waals surface area contributed by atoms with Crippen molar-refractivity contribution >= 4 is 11.9 Å². The Labute approximate surface area is 118 Å². The van der Waals surface area contributed by atoms with E-state index in [2.05, 4.69) is 0 Å². The van der Waals surface area contributed by atoms with Crippen molar-refractivity contribution in [3.63, 3.8) is 0 Å². The first kappa shape index (κ1) is 15.0. The molecule has 0 saturated carbocycles. The Morgan fingerprint density at radius 2 is 1.25 bits per heavy atom. The zero-order valence-corrected chi connectivity index (χ0v) is 11.4. The van der Waals surface area contributed by atoms with Crippen molar-refractivity contribution in [3.8, 4) is 0 Å². The molecule has 0 aromatic heterocycles. The van der Waals surface area contributed by atoms with Gasteiger partial charge < -0.3 is 18.9 Å². The normalized spacial score (nSPS) is 27.2. The maximum atomic E-state index is 11.5. The molecule has 6 heteroatoms. The Bertz CT molecular complexity index is 319. The molecule has 0 amide bonds. The van der Waals surface area contributed by atoms with Crippen molar-refractivity contribution in [1.29, 1.82) is 0 Å². The first-order chi connectivity index (χ1) is 9.74. The fourth-order valence-corrected chi connectivity index (χ4v) is 2.08. The van der Waals surface area contributed by atoms with E-state index in [0.717, 1.165) is 37.8 Å². The van der Waals surface area contributed by atoms with E-state index in [1.165, 1.54) is 0 Å². The second-order valence-electron chi connectivity index (χ2n) is 4.80. The molecule has 2 aliphatic heterocycles. The Kier molecular flexibility index (Phi) is 6.01. The molecule has 2 fully saturated rings. The van der Waals surface area contributed by atoms with Crippen molar-refractivity contribution in [2.24, 2.45) is 0 Å². The highest BCUT2D eigenvalue weighted by molar-refractivity contribution is 5.91. The molecule has 2 heterocycles. The van der Waals surface area contributed by atoms with Crippen LogP contribution in [-0.4, -0.2) is 37.7 Å². The molecular weight excluding hydrogens is 264 g/mol. The van der Waals surface area contributed by atoms with Gasteiger partial charge in [0.2, 0.25) is 12.6 Å². The van der Waals surface area contributed by atoms with Gasteiger partial charge in [0.15, 0.2) is 0 Å². The molecule has 0 radical (unpaired) electrons.